The van der Waals surface area contributed by atoms with Gasteiger partial charge in [-0.2, -0.15) is 0 Å². The molecule has 1 rings (SSSR count). The van der Waals surface area contributed by atoms with Gasteiger partial charge in [-0.1, -0.05) is 25.4 Å². The van der Waals surface area contributed by atoms with Gasteiger partial charge in [0, 0.05) is 11.6 Å². The van der Waals surface area contributed by atoms with E-state index in [4.69, 9.17) is 16.3 Å². The summed E-state index contributed by atoms with van der Waals surface area (Å²) in [4.78, 5) is 0. The number of ether oxygens (including phenoxy) is 1. The minimum atomic E-state index is 0.164. The Morgan fingerprint density at radius 1 is 1.28 bits per heavy atom. The van der Waals surface area contributed by atoms with Gasteiger partial charge in [0.25, 0.3) is 0 Å². The van der Waals surface area contributed by atoms with Crippen molar-refractivity contribution in [3.63, 3.8) is 0 Å². The van der Waals surface area contributed by atoms with Crippen molar-refractivity contribution in [2.75, 3.05) is 13.1 Å². The van der Waals surface area contributed by atoms with Gasteiger partial charge in [0.1, 0.15) is 11.9 Å². The summed E-state index contributed by atoms with van der Waals surface area (Å²) in [6.07, 6.45) is 1.37. The number of benzene rings is 1. The summed E-state index contributed by atoms with van der Waals surface area (Å²) < 4.78 is 5.89. The van der Waals surface area contributed by atoms with E-state index >= 15 is 0 Å². The molecule has 0 spiro atoms. The molecule has 102 valence electrons. The van der Waals surface area contributed by atoms with Crippen molar-refractivity contribution in [3.05, 3.63) is 28.8 Å². The van der Waals surface area contributed by atoms with Crippen LogP contribution in [0.1, 0.15) is 32.8 Å². The molecule has 1 atom stereocenters. The summed E-state index contributed by atoms with van der Waals surface area (Å²) in [6, 6.07) is 5.72. The van der Waals surface area contributed by atoms with Crippen molar-refractivity contribution in [2.24, 2.45) is 5.92 Å². The van der Waals surface area contributed by atoms with Crippen molar-refractivity contribution in [3.8, 4) is 5.75 Å². The molecule has 1 aromatic rings. The number of nitrogens with one attached hydrogen (secondary N) is 1. The monoisotopic (exact) mass is 269 g/mol. The summed E-state index contributed by atoms with van der Waals surface area (Å²) in [6.45, 7) is 10.5. The Bertz CT molecular complexity index is 366. The van der Waals surface area contributed by atoms with Crippen molar-refractivity contribution < 1.29 is 4.74 Å². The average molecular weight is 270 g/mol. The Morgan fingerprint density at radius 2 is 2.00 bits per heavy atom. The molecule has 2 nitrogen and oxygen atoms in total. The number of hydrogen-bond acceptors (Lipinski definition) is 2. The van der Waals surface area contributed by atoms with Crippen LogP contribution in [-0.2, 0) is 0 Å². The van der Waals surface area contributed by atoms with Crippen LogP contribution >= 0.6 is 11.6 Å². The normalized spacial score (nSPS) is 12.8. The number of halogens is 1. The Labute approximate surface area is 116 Å². The van der Waals surface area contributed by atoms with Crippen LogP contribution in [-0.4, -0.2) is 19.2 Å². The number of aryl methyl sites for hydroxylation is 1. The third kappa shape index (κ3) is 5.74. The predicted octanol–water partition coefficient (Wildman–Crippen LogP) is 4.05. The summed E-state index contributed by atoms with van der Waals surface area (Å²) in [5.74, 6) is 1.66. The van der Waals surface area contributed by atoms with Crippen LogP contribution in [0.3, 0.4) is 0 Å². The molecule has 18 heavy (non-hydrogen) atoms. The SMILES string of the molecule is Cc1cc(Cl)ccc1OC(C)CNCCC(C)C. The average Bonchev–Trinajstić information content (AvgIpc) is 2.28. The second kappa shape index (κ2) is 7.65. The first kappa shape index (κ1) is 15.3. The molecule has 0 aromatic heterocycles. The molecule has 0 saturated carbocycles. The Kier molecular flexibility index (Phi) is 6.51. The number of hydrogen-bond donors (Lipinski definition) is 1. The smallest absolute Gasteiger partial charge is 0.122 e. The van der Waals surface area contributed by atoms with Crippen LogP contribution in [0.4, 0.5) is 0 Å². The maximum absolute atomic E-state index is 5.92. The van der Waals surface area contributed by atoms with Crippen molar-refractivity contribution >= 4 is 11.6 Å². The highest BCUT2D eigenvalue weighted by atomic mass is 35.5. The van der Waals surface area contributed by atoms with Gasteiger partial charge in [-0.05, 0) is 56.5 Å². The molecule has 0 amide bonds. The Hall–Kier alpha value is -0.730. The summed E-state index contributed by atoms with van der Waals surface area (Å²) in [5.41, 5.74) is 1.08. The van der Waals surface area contributed by atoms with Crippen molar-refractivity contribution in [1.29, 1.82) is 0 Å². The molecule has 0 aliphatic heterocycles. The first-order valence-electron chi connectivity index (χ1n) is 6.62. The summed E-state index contributed by atoms with van der Waals surface area (Å²) in [7, 11) is 0. The summed E-state index contributed by atoms with van der Waals surface area (Å²) >= 11 is 5.92. The fourth-order valence-electron chi connectivity index (χ4n) is 1.70. The minimum Gasteiger partial charge on any atom is -0.489 e. The lowest BCUT2D eigenvalue weighted by molar-refractivity contribution is 0.215. The van der Waals surface area contributed by atoms with Gasteiger partial charge < -0.3 is 10.1 Å². The molecular weight excluding hydrogens is 246 g/mol. The minimum absolute atomic E-state index is 0.164. The lowest BCUT2D eigenvalue weighted by Gasteiger charge is -2.17. The van der Waals surface area contributed by atoms with E-state index in [1.54, 1.807) is 0 Å². The van der Waals surface area contributed by atoms with Gasteiger partial charge in [-0.15, -0.1) is 0 Å². The molecular formula is C15H24ClNO. The second-order valence-electron chi connectivity index (χ2n) is 5.22. The fourth-order valence-corrected chi connectivity index (χ4v) is 1.93. The van der Waals surface area contributed by atoms with Gasteiger partial charge in [-0.25, -0.2) is 0 Å². The largest absolute Gasteiger partial charge is 0.489 e. The van der Waals surface area contributed by atoms with Crippen LogP contribution in [0.25, 0.3) is 0 Å². The van der Waals surface area contributed by atoms with Gasteiger partial charge in [-0.3, -0.25) is 0 Å². The molecule has 0 radical (unpaired) electrons. The van der Waals surface area contributed by atoms with Crippen LogP contribution in [0.2, 0.25) is 5.02 Å². The highest BCUT2D eigenvalue weighted by Gasteiger charge is 2.06. The van der Waals surface area contributed by atoms with Crippen LogP contribution in [0, 0.1) is 12.8 Å². The molecule has 0 heterocycles. The molecule has 1 N–H and O–H groups in total. The van der Waals surface area contributed by atoms with Gasteiger partial charge >= 0.3 is 0 Å². The Morgan fingerprint density at radius 3 is 2.61 bits per heavy atom. The first-order chi connectivity index (χ1) is 8.49. The highest BCUT2D eigenvalue weighted by molar-refractivity contribution is 6.30. The van der Waals surface area contributed by atoms with Crippen LogP contribution in [0.5, 0.6) is 5.75 Å². The molecule has 0 aliphatic carbocycles. The maximum atomic E-state index is 5.92. The maximum Gasteiger partial charge on any atom is 0.122 e. The molecule has 1 unspecified atom stereocenters. The van der Waals surface area contributed by atoms with Crippen LogP contribution in [0.15, 0.2) is 18.2 Å². The van der Waals surface area contributed by atoms with E-state index < -0.39 is 0 Å². The predicted molar refractivity (Wildman–Crippen MR) is 78.6 cm³/mol. The van der Waals surface area contributed by atoms with Crippen molar-refractivity contribution in [2.45, 2.75) is 40.2 Å². The zero-order chi connectivity index (χ0) is 13.5. The second-order valence-corrected chi connectivity index (χ2v) is 5.66. The van der Waals surface area contributed by atoms with E-state index in [0.29, 0.717) is 0 Å². The molecule has 0 bridgehead atoms. The van der Waals surface area contributed by atoms with E-state index in [1.807, 2.05) is 25.1 Å². The lowest BCUT2D eigenvalue weighted by Crippen LogP contribution is -2.30. The van der Waals surface area contributed by atoms with E-state index in [0.717, 1.165) is 35.3 Å². The Balaban J connectivity index is 2.33. The van der Waals surface area contributed by atoms with Gasteiger partial charge in [0.15, 0.2) is 0 Å². The molecule has 0 fully saturated rings. The fraction of sp³-hybridized carbons (Fsp3) is 0.600. The van der Waals surface area contributed by atoms with Gasteiger partial charge in [0.05, 0.1) is 0 Å². The van der Waals surface area contributed by atoms with E-state index in [2.05, 4.69) is 26.1 Å². The molecule has 0 saturated heterocycles. The zero-order valence-electron chi connectivity index (χ0n) is 11.8. The number of rotatable bonds is 7. The molecule has 1 aromatic carbocycles. The summed E-state index contributed by atoms with van der Waals surface area (Å²) in [5, 5.41) is 4.17. The third-order valence-electron chi connectivity index (χ3n) is 2.80. The zero-order valence-corrected chi connectivity index (χ0v) is 12.6. The van der Waals surface area contributed by atoms with Crippen molar-refractivity contribution in [1.82, 2.24) is 5.32 Å². The topological polar surface area (TPSA) is 21.3 Å². The van der Waals surface area contributed by atoms with E-state index in [1.165, 1.54) is 6.42 Å². The standard InChI is InChI=1S/C15H24ClNO/c1-11(2)7-8-17-10-13(4)18-15-6-5-14(16)9-12(15)3/h5-6,9,11,13,17H,7-8,10H2,1-4H3. The third-order valence-corrected chi connectivity index (χ3v) is 3.03. The molecule has 3 heteroatoms. The van der Waals surface area contributed by atoms with Gasteiger partial charge in [0.2, 0.25) is 0 Å². The van der Waals surface area contributed by atoms with E-state index in [9.17, 15) is 0 Å². The van der Waals surface area contributed by atoms with Crippen LogP contribution < -0.4 is 10.1 Å². The highest BCUT2D eigenvalue weighted by Crippen LogP contribution is 2.22. The quantitative estimate of drug-likeness (QED) is 0.754. The molecule has 0 aliphatic rings. The first-order valence-corrected chi connectivity index (χ1v) is 7.00. The lowest BCUT2D eigenvalue weighted by atomic mass is 10.1. The van der Waals surface area contributed by atoms with E-state index in [-0.39, 0.29) is 6.10 Å².